The molecule has 148 valence electrons. The van der Waals surface area contributed by atoms with E-state index < -0.39 is 6.55 Å². The number of carbonyl (C=O) groups excluding carboxylic acids is 1. The standard InChI is InChI=1S/C19H24F2N4O.ClH/c1-12-16(13(2)25(23-12)19(20)21)8-18(26)24-10-15(9-22)17(11-24)14-6-4-3-5-7-14;/h3-7,15,17,19H,8-11,22H2,1-2H3;1H/t15-,17+;/m1./s1. The predicted octanol–water partition coefficient (Wildman–Crippen LogP) is 3.06. The molecule has 2 N–H and O–H groups in total. The zero-order valence-corrected chi connectivity index (χ0v) is 16.3. The number of hydrogen-bond donors (Lipinski definition) is 1. The Morgan fingerprint density at radius 2 is 1.93 bits per heavy atom. The Labute approximate surface area is 163 Å². The molecule has 2 heterocycles. The molecule has 1 aliphatic heterocycles. The van der Waals surface area contributed by atoms with Crippen molar-refractivity contribution in [2.24, 2.45) is 11.7 Å². The first-order valence-electron chi connectivity index (χ1n) is 8.77. The van der Waals surface area contributed by atoms with Gasteiger partial charge in [0.25, 0.3) is 0 Å². The van der Waals surface area contributed by atoms with Crippen molar-refractivity contribution in [1.82, 2.24) is 14.7 Å². The lowest BCUT2D eigenvalue weighted by Crippen LogP contribution is -2.31. The van der Waals surface area contributed by atoms with Crippen molar-refractivity contribution in [2.45, 2.75) is 32.7 Å². The maximum absolute atomic E-state index is 13.0. The van der Waals surface area contributed by atoms with Gasteiger partial charge in [0, 0.05) is 30.3 Å². The third-order valence-electron chi connectivity index (χ3n) is 5.31. The molecule has 1 aromatic carbocycles. The number of rotatable bonds is 5. The van der Waals surface area contributed by atoms with Crippen LogP contribution in [-0.4, -0.2) is 40.2 Å². The second kappa shape index (κ2) is 8.80. The molecule has 0 aliphatic carbocycles. The maximum atomic E-state index is 13.0. The van der Waals surface area contributed by atoms with Crippen LogP contribution in [0.1, 0.15) is 35.0 Å². The third kappa shape index (κ3) is 4.30. The van der Waals surface area contributed by atoms with Crippen molar-refractivity contribution < 1.29 is 13.6 Å². The van der Waals surface area contributed by atoms with E-state index in [2.05, 4.69) is 17.2 Å². The quantitative estimate of drug-likeness (QED) is 0.841. The molecule has 1 aliphatic rings. The van der Waals surface area contributed by atoms with E-state index in [-0.39, 0.29) is 36.6 Å². The second-order valence-electron chi connectivity index (χ2n) is 6.86. The fourth-order valence-electron chi connectivity index (χ4n) is 3.80. The maximum Gasteiger partial charge on any atom is 0.333 e. The minimum absolute atomic E-state index is 0. The summed E-state index contributed by atoms with van der Waals surface area (Å²) in [6.45, 7) is 2.24. The van der Waals surface area contributed by atoms with Crippen molar-refractivity contribution in [1.29, 1.82) is 0 Å². The van der Waals surface area contributed by atoms with E-state index in [1.807, 2.05) is 18.2 Å². The fourth-order valence-corrected chi connectivity index (χ4v) is 3.80. The van der Waals surface area contributed by atoms with Crippen LogP contribution in [0.25, 0.3) is 0 Å². The van der Waals surface area contributed by atoms with Gasteiger partial charge >= 0.3 is 6.55 Å². The number of alkyl halides is 2. The summed E-state index contributed by atoms with van der Waals surface area (Å²) in [5, 5.41) is 3.86. The van der Waals surface area contributed by atoms with Crippen molar-refractivity contribution in [3.63, 3.8) is 0 Å². The lowest BCUT2D eigenvalue weighted by molar-refractivity contribution is -0.129. The van der Waals surface area contributed by atoms with E-state index in [1.165, 1.54) is 5.56 Å². The summed E-state index contributed by atoms with van der Waals surface area (Å²) in [6, 6.07) is 10.0. The Balaban J connectivity index is 0.00000261. The van der Waals surface area contributed by atoms with Gasteiger partial charge in [-0.3, -0.25) is 4.79 Å². The molecule has 0 spiro atoms. The minimum atomic E-state index is -2.70. The van der Waals surface area contributed by atoms with Crippen LogP contribution >= 0.6 is 12.4 Å². The summed E-state index contributed by atoms with van der Waals surface area (Å²) in [5.74, 6) is 0.338. The number of carbonyl (C=O) groups is 1. The number of benzene rings is 1. The van der Waals surface area contributed by atoms with Crippen LogP contribution in [0.15, 0.2) is 30.3 Å². The lowest BCUT2D eigenvalue weighted by Gasteiger charge is -2.17. The van der Waals surface area contributed by atoms with Crippen molar-refractivity contribution in [2.75, 3.05) is 19.6 Å². The van der Waals surface area contributed by atoms with Crippen LogP contribution in [-0.2, 0) is 11.2 Å². The van der Waals surface area contributed by atoms with Crippen molar-refractivity contribution in [3.05, 3.63) is 52.8 Å². The van der Waals surface area contributed by atoms with Crippen LogP contribution in [0.5, 0.6) is 0 Å². The van der Waals surface area contributed by atoms with Crippen LogP contribution in [0.3, 0.4) is 0 Å². The molecule has 0 unspecified atom stereocenters. The van der Waals surface area contributed by atoms with E-state index >= 15 is 0 Å². The van der Waals surface area contributed by atoms with Gasteiger partial charge in [-0.05, 0) is 31.9 Å². The van der Waals surface area contributed by atoms with E-state index in [1.54, 1.807) is 18.7 Å². The first-order valence-corrected chi connectivity index (χ1v) is 8.77. The third-order valence-corrected chi connectivity index (χ3v) is 5.31. The fraction of sp³-hybridized carbons (Fsp3) is 0.474. The van der Waals surface area contributed by atoms with Gasteiger partial charge in [-0.2, -0.15) is 13.9 Å². The normalized spacial score (nSPS) is 19.4. The summed E-state index contributed by atoms with van der Waals surface area (Å²) in [5.41, 5.74) is 8.51. The van der Waals surface area contributed by atoms with Gasteiger partial charge in [0.2, 0.25) is 5.91 Å². The molecule has 1 fully saturated rings. The smallest absolute Gasteiger partial charge is 0.333 e. The predicted molar refractivity (Wildman–Crippen MR) is 102 cm³/mol. The second-order valence-corrected chi connectivity index (χ2v) is 6.86. The molecule has 3 rings (SSSR count). The highest BCUT2D eigenvalue weighted by Crippen LogP contribution is 2.32. The van der Waals surface area contributed by atoms with Gasteiger partial charge in [-0.25, -0.2) is 4.68 Å². The average molecular weight is 399 g/mol. The Hall–Kier alpha value is -1.99. The topological polar surface area (TPSA) is 64.2 Å². The number of aryl methyl sites for hydroxylation is 1. The molecule has 0 bridgehead atoms. The molecule has 1 aromatic heterocycles. The van der Waals surface area contributed by atoms with Crippen LogP contribution in [0.2, 0.25) is 0 Å². The van der Waals surface area contributed by atoms with Crippen LogP contribution in [0, 0.1) is 19.8 Å². The summed E-state index contributed by atoms with van der Waals surface area (Å²) in [7, 11) is 0. The molecule has 0 radical (unpaired) electrons. The summed E-state index contributed by atoms with van der Waals surface area (Å²) in [4.78, 5) is 14.6. The Bertz CT molecular complexity index is 782. The first kappa shape index (κ1) is 21.3. The molecule has 8 heteroatoms. The SMILES string of the molecule is Cc1nn(C(F)F)c(C)c1CC(=O)N1C[C@@H](CN)[C@H](c2ccccc2)C1.Cl. The molecule has 5 nitrogen and oxygen atoms in total. The number of nitrogens with two attached hydrogens (primary N) is 1. The number of aromatic nitrogens is 2. The summed E-state index contributed by atoms with van der Waals surface area (Å²) >= 11 is 0. The van der Waals surface area contributed by atoms with Gasteiger partial charge in [0.05, 0.1) is 12.1 Å². The van der Waals surface area contributed by atoms with Crippen LogP contribution < -0.4 is 5.73 Å². The highest BCUT2D eigenvalue weighted by Gasteiger charge is 2.35. The highest BCUT2D eigenvalue weighted by atomic mass is 35.5. The summed E-state index contributed by atoms with van der Waals surface area (Å²) < 4.78 is 26.7. The monoisotopic (exact) mass is 398 g/mol. The number of amides is 1. The molecule has 0 saturated carbocycles. The Morgan fingerprint density at radius 3 is 2.48 bits per heavy atom. The molecule has 27 heavy (non-hydrogen) atoms. The molecular formula is C19H25ClF2N4O. The number of hydrogen-bond acceptors (Lipinski definition) is 3. The minimum Gasteiger partial charge on any atom is -0.341 e. The lowest BCUT2D eigenvalue weighted by atomic mass is 9.89. The van der Waals surface area contributed by atoms with Gasteiger partial charge in [0.1, 0.15) is 0 Å². The number of nitrogens with zero attached hydrogens (tertiary/aromatic N) is 3. The van der Waals surface area contributed by atoms with Gasteiger partial charge in [-0.1, -0.05) is 30.3 Å². The summed E-state index contributed by atoms with van der Waals surface area (Å²) in [6.07, 6.45) is 0.0865. The Morgan fingerprint density at radius 1 is 1.26 bits per heavy atom. The number of halogens is 3. The molecule has 2 aromatic rings. The molecule has 1 saturated heterocycles. The number of likely N-dealkylation sites (tertiary alicyclic amines) is 1. The van der Waals surface area contributed by atoms with Crippen molar-refractivity contribution >= 4 is 18.3 Å². The van der Waals surface area contributed by atoms with E-state index in [9.17, 15) is 13.6 Å². The zero-order valence-electron chi connectivity index (χ0n) is 15.4. The van der Waals surface area contributed by atoms with Gasteiger partial charge < -0.3 is 10.6 Å². The van der Waals surface area contributed by atoms with Gasteiger partial charge in [0.15, 0.2) is 0 Å². The van der Waals surface area contributed by atoms with Gasteiger partial charge in [-0.15, -0.1) is 12.4 Å². The average Bonchev–Trinajstić information content (AvgIpc) is 3.19. The molecular weight excluding hydrogens is 374 g/mol. The Kier molecular flexibility index (Phi) is 6.95. The van der Waals surface area contributed by atoms with Crippen molar-refractivity contribution in [3.8, 4) is 0 Å². The zero-order chi connectivity index (χ0) is 18.8. The first-order chi connectivity index (χ1) is 12.4. The van der Waals surface area contributed by atoms with E-state index in [4.69, 9.17) is 5.73 Å². The van der Waals surface area contributed by atoms with Crippen LogP contribution in [0.4, 0.5) is 8.78 Å². The van der Waals surface area contributed by atoms with E-state index in [0.29, 0.717) is 41.3 Å². The highest BCUT2D eigenvalue weighted by molar-refractivity contribution is 5.85. The van der Waals surface area contributed by atoms with E-state index in [0.717, 1.165) is 0 Å². The molecule has 1 amide bonds. The largest absolute Gasteiger partial charge is 0.341 e. The molecule has 2 atom stereocenters.